The molecular formula is C12H14ClF2NO. The Morgan fingerprint density at radius 3 is 2.82 bits per heavy atom. The lowest BCUT2D eigenvalue weighted by Crippen LogP contribution is -2.06. The normalized spacial score (nSPS) is 22.6. The number of halogens is 3. The van der Waals surface area contributed by atoms with Crippen LogP contribution < -0.4 is 10.5 Å². The monoisotopic (exact) mass is 261 g/mol. The summed E-state index contributed by atoms with van der Waals surface area (Å²) in [5.41, 5.74) is 5.99. The first-order valence-electron chi connectivity index (χ1n) is 5.55. The van der Waals surface area contributed by atoms with Crippen molar-refractivity contribution in [2.45, 2.75) is 12.3 Å². The molecule has 0 heterocycles. The molecule has 1 aromatic rings. The average molecular weight is 262 g/mol. The second kappa shape index (κ2) is 5.19. The number of ether oxygens (including phenoxy) is 1. The summed E-state index contributed by atoms with van der Waals surface area (Å²) in [6.07, 6.45) is 0.833. The number of benzene rings is 1. The van der Waals surface area contributed by atoms with Crippen LogP contribution >= 0.6 is 11.6 Å². The molecule has 5 heteroatoms. The minimum absolute atomic E-state index is 0.0494. The van der Waals surface area contributed by atoms with Gasteiger partial charge in [0.2, 0.25) is 0 Å². The van der Waals surface area contributed by atoms with Crippen molar-refractivity contribution in [1.82, 2.24) is 0 Å². The Hall–Kier alpha value is -0.870. The smallest absolute Gasteiger partial charge is 0.148 e. The summed E-state index contributed by atoms with van der Waals surface area (Å²) >= 11 is 5.75. The second-order valence-corrected chi connectivity index (χ2v) is 4.56. The van der Waals surface area contributed by atoms with Crippen molar-refractivity contribution in [2.24, 2.45) is 11.7 Å². The van der Waals surface area contributed by atoms with Crippen molar-refractivity contribution < 1.29 is 13.5 Å². The number of hydrogen-bond acceptors (Lipinski definition) is 2. The highest BCUT2D eigenvalue weighted by molar-refractivity contribution is 6.30. The number of hydrogen-bond donors (Lipinski definition) is 1. The Morgan fingerprint density at radius 1 is 1.47 bits per heavy atom. The van der Waals surface area contributed by atoms with Gasteiger partial charge in [0.1, 0.15) is 24.8 Å². The third-order valence-corrected chi connectivity index (χ3v) is 3.32. The van der Waals surface area contributed by atoms with Gasteiger partial charge in [0.15, 0.2) is 0 Å². The quantitative estimate of drug-likeness (QED) is 0.885. The van der Waals surface area contributed by atoms with Crippen molar-refractivity contribution in [3.05, 3.63) is 28.5 Å². The Labute approximate surface area is 104 Å². The summed E-state index contributed by atoms with van der Waals surface area (Å²) in [4.78, 5) is 0. The molecule has 17 heavy (non-hydrogen) atoms. The van der Waals surface area contributed by atoms with Crippen LogP contribution in [0.4, 0.5) is 8.78 Å². The van der Waals surface area contributed by atoms with E-state index in [1.165, 1.54) is 6.07 Å². The van der Waals surface area contributed by atoms with E-state index >= 15 is 0 Å². The molecule has 2 N–H and O–H groups in total. The van der Waals surface area contributed by atoms with Gasteiger partial charge in [0, 0.05) is 5.56 Å². The third kappa shape index (κ3) is 2.53. The van der Waals surface area contributed by atoms with Crippen LogP contribution in [0.1, 0.15) is 17.9 Å². The molecular weight excluding hydrogens is 248 g/mol. The van der Waals surface area contributed by atoms with Gasteiger partial charge in [-0.25, -0.2) is 8.78 Å². The topological polar surface area (TPSA) is 35.2 Å². The molecule has 0 amide bonds. The fourth-order valence-electron chi connectivity index (χ4n) is 2.03. The van der Waals surface area contributed by atoms with Crippen molar-refractivity contribution in [3.63, 3.8) is 0 Å². The summed E-state index contributed by atoms with van der Waals surface area (Å²) < 4.78 is 31.2. The fraction of sp³-hybridized carbons (Fsp3) is 0.500. The van der Waals surface area contributed by atoms with Crippen LogP contribution in [0.3, 0.4) is 0 Å². The minimum Gasteiger partial charge on any atom is -0.490 e. The first-order valence-corrected chi connectivity index (χ1v) is 5.93. The zero-order chi connectivity index (χ0) is 12.4. The van der Waals surface area contributed by atoms with Crippen LogP contribution in [0, 0.1) is 11.7 Å². The highest BCUT2D eigenvalue weighted by atomic mass is 35.5. The molecule has 1 aliphatic carbocycles. The molecule has 0 bridgehead atoms. The number of rotatable bonds is 5. The number of nitrogens with two attached hydrogens (primary N) is 1. The molecule has 0 spiro atoms. The van der Waals surface area contributed by atoms with Gasteiger partial charge in [-0.2, -0.15) is 0 Å². The lowest BCUT2D eigenvalue weighted by Gasteiger charge is -2.12. The molecule has 1 fully saturated rings. The molecule has 1 aromatic carbocycles. The molecule has 94 valence electrons. The van der Waals surface area contributed by atoms with Gasteiger partial charge >= 0.3 is 0 Å². The van der Waals surface area contributed by atoms with Gasteiger partial charge in [0.25, 0.3) is 0 Å². The first-order chi connectivity index (χ1) is 8.19. The molecule has 1 saturated carbocycles. The van der Waals surface area contributed by atoms with E-state index < -0.39 is 12.5 Å². The van der Waals surface area contributed by atoms with Crippen LogP contribution in [-0.4, -0.2) is 19.8 Å². The second-order valence-electron chi connectivity index (χ2n) is 4.15. The van der Waals surface area contributed by atoms with E-state index in [0.29, 0.717) is 17.9 Å². The molecule has 0 aliphatic heterocycles. The van der Waals surface area contributed by atoms with Crippen LogP contribution in [0.25, 0.3) is 0 Å². The highest BCUT2D eigenvalue weighted by Crippen LogP contribution is 2.51. The summed E-state index contributed by atoms with van der Waals surface area (Å²) in [6.45, 7) is -0.165. The minimum atomic E-state index is -0.603. The van der Waals surface area contributed by atoms with Crippen molar-refractivity contribution in [3.8, 4) is 5.75 Å². The van der Waals surface area contributed by atoms with E-state index in [2.05, 4.69) is 0 Å². The van der Waals surface area contributed by atoms with Gasteiger partial charge in [-0.05, 0) is 36.9 Å². The Balaban J connectivity index is 2.29. The van der Waals surface area contributed by atoms with Crippen LogP contribution in [-0.2, 0) is 0 Å². The summed E-state index contributed by atoms with van der Waals surface area (Å²) in [5.74, 6) is 0.235. The lowest BCUT2D eigenvalue weighted by molar-refractivity contribution is 0.269. The molecule has 2 atom stereocenters. The van der Waals surface area contributed by atoms with Crippen molar-refractivity contribution in [2.75, 3.05) is 19.8 Å². The van der Waals surface area contributed by atoms with Crippen LogP contribution in [0.15, 0.2) is 12.1 Å². The standard InChI is InChI=1S/C12H14ClF2NO/c13-9-1-2-10(17-4-3-14)11(12(9)15)8-5-7(8)6-16/h1-2,7-8H,3-6,16H2. The molecule has 0 radical (unpaired) electrons. The highest BCUT2D eigenvalue weighted by Gasteiger charge is 2.41. The van der Waals surface area contributed by atoms with Crippen molar-refractivity contribution >= 4 is 11.6 Å². The van der Waals surface area contributed by atoms with E-state index in [1.807, 2.05) is 0 Å². The molecule has 0 saturated heterocycles. The van der Waals surface area contributed by atoms with Gasteiger partial charge < -0.3 is 10.5 Å². The lowest BCUT2D eigenvalue weighted by atomic mass is 10.1. The fourth-order valence-corrected chi connectivity index (χ4v) is 2.19. The van der Waals surface area contributed by atoms with Crippen molar-refractivity contribution in [1.29, 1.82) is 0 Å². The van der Waals surface area contributed by atoms with E-state index in [4.69, 9.17) is 22.1 Å². The summed E-state index contributed by atoms with van der Waals surface area (Å²) in [6, 6.07) is 3.01. The predicted octanol–water partition coefficient (Wildman–Crippen LogP) is 2.89. The molecule has 0 aromatic heterocycles. The van der Waals surface area contributed by atoms with E-state index in [-0.39, 0.29) is 23.5 Å². The summed E-state index contributed by atoms with van der Waals surface area (Å²) in [5, 5.41) is 0.0651. The molecule has 2 rings (SSSR count). The van der Waals surface area contributed by atoms with Crippen LogP contribution in [0.2, 0.25) is 5.02 Å². The number of alkyl halides is 1. The Morgan fingerprint density at radius 2 is 2.24 bits per heavy atom. The van der Waals surface area contributed by atoms with E-state index in [0.717, 1.165) is 6.42 Å². The summed E-state index contributed by atoms with van der Waals surface area (Å²) in [7, 11) is 0. The van der Waals surface area contributed by atoms with Crippen LogP contribution in [0.5, 0.6) is 5.75 Å². The van der Waals surface area contributed by atoms with Gasteiger partial charge in [0.05, 0.1) is 5.02 Å². The van der Waals surface area contributed by atoms with E-state index in [9.17, 15) is 8.78 Å². The maximum absolute atomic E-state index is 13.9. The largest absolute Gasteiger partial charge is 0.490 e. The Bertz CT molecular complexity index is 414. The van der Waals surface area contributed by atoms with E-state index in [1.54, 1.807) is 6.07 Å². The van der Waals surface area contributed by atoms with Gasteiger partial charge in [-0.15, -0.1) is 0 Å². The zero-order valence-electron chi connectivity index (χ0n) is 9.26. The third-order valence-electron chi connectivity index (χ3n) is 3.02. The molecule has 2 nitrogen and oxygen atoms in total. The maximum Gasteiger partial charge on any atom is 0.148 e. The zero-order valence-corrected chi connectivity index (χ0v) is 10.0. The maximum atomic E-state index is 13.9. The molecule has 2 unspecified atom stereocenters. The Kier molecular flexibility index (Phi) is 3.84. The first kappa shape index (κ1) is 12.6. The van der Waals surface area contributed by atoms with Gasteiger partial charge in [-0.1, -0.05) is 11.6 Å². The average Bonchev–Trinajstić information content (AvgIpc) is 3.09. The molecule has 1 aliphatic rings. The SMILES string of the molecule is NCC1CC1c1c(OCCF)ccc(Cl)c1F. The van der Waals surface area contributed by atoms with Gasteiger partial charge in [-0.3, -0.25) is 0 Å². The predicted molar refractivity (Wildman–Crippen MR) is 62.8 cm³/mol.